The van der Waals surface area contributed by atoms with Gasteiger partial charge in [0, 0.05) is 31.1 Å². The highest BCUT2D eigenvalue weighted by Crippen LogP contribution is 2.44. The number of carbonyl (C=O) groups is 1. The molecule has 0 radical (unpaired) electrons. The molecule has 3 aliphatic rings. The zero-order valence-electron chi connectivity index (χ0n) is 10.9. The van der Waals surface area contributed by atoms with Gasteiger partial charge in [-0.15, -0.1) is 0 Å². The molecule has 3 rings (SSSR count). The van der Waals surface area contributed by atoms with Gasteiger partial charge in [-0.2, -0.15) is 0 Å². The van der Waals surface area contributed by atoms with Gasteiger partial charge in [0.25, 0.3) is 0 Å². The lowest BCUT2D eigenvalue weighted by molar-refractivity contribution is -0.143. The van der Waals surface area contributed by atoms with Crippen LogP contribution in [0.5, 0.6) is 0 Å². The third-order valence-corrected chi connectivity index (χ3v) is 5.40. The second kappa shape index (κ2) is 4.27. The molecule has 0 aromatic rings. The number of carbonyl (C=O) groups excluding carboxylic acids is 1. The Balaban J connectivity index is 1.77. The molecule has 0 unspecified atom stereocenters. The summed E-state index contributed by atoms with van der Waals surface area (Å²) in [6, 6.07) is 0.506. The molecule has 96 valence electrons. The van der Waals surface area contributed by atoms with E-state index >= 15 is 0 Å². The lowest BCUT2D eigenvalue weighted by Gasteiger charge is -2.34. The zero-order chi connectivity index (χ0) is 11.9. The number of nitrogens with one attached hydrogen (secondary N) is 1. The van der Waals surface area contributed by atoms with E-state index in [0.29, 0.717) is 11.9 Å². The highest BCUT2D eigenvalue weighted by molar-refractivity contribution is 5.83. The molecule has 2 atom stereocenters. The van der Waals surface area contributed by atoms with E-state index in [-0.39, 0.29) is 5.41 Å². The van der Waals surface area contributed by atoms with Crippen LogP contribution in [0.2, 0.25) is 0 Å². The zero-order valence-corrected chi connectivity index (χ0v) is 10.9. The number of fused-ring (bicyclic) bond motifs is 1. The molecule has 0 aromatic carbocycles. The van der Waals surface area contributed by atoms with Crippen LogP contribution in [0.1, 0.15) is 45.4 Å². The molecule has 1 amide bonds. The van der Waals surface area contributed by atoms with E-state index in [1.807, 2.05) is 0 Å². The SMILES string of the molecule is CCC1(C(=O)N2CC[C@H]3CNC[C@H]32)CCCC1. The Morgan fingerprint density at radius 2 is 2.12 bits per heavy atom. The predicted octanol–water partition coefficient (Wildman–Crippen LogP) is 1.78. The summed E-state index contributed by atoms with van der Waals surface area (Å²) in [6.45, 7) is 5.35. The largest absolute Gasteiger partial charge is 0.338 e. The molecule has 0 bridgehead atoms. The van der Waals surface area contributed by atoms with Crippen LogP contribution in [0.3, 0.4) is 0 Å². The third-order valence-electron chi connectivity index (χ3n) is 5.40. The first-order chi connectivity index (χ1) is 8.27. The fourth-order valence-corrected chi connectivity index (χ4v) is 4.18. The summed E-state index contributed by atoms with van der Waals surface area (Å²) in [5.74, 6) is 1.21. The highest BCUT2D eigenvalue weighted by atomic mass is 16.2. The Labute approximate surface area is 104 Å². The maximum Gasteiger partial charge on any atom is 0.229 e. The maximum atomic E-state index is 12.8. The molecule has 2 aliphatic heterocycles. The highest BCUT2D eigenvalue weighted by Gasteiger charge is 2.47. The van der Waals surface area contributed by atoms with Crippen molar-refractivity contribution < 1.29 is 4.79 Å². The lowest BCUT2D eigenvalue weighted by Crippen LogP contribution is -2.46. The van der Waals surface area contributed by atoms with Crippen molar-refractivity contribution in [1.82, 2.24) is 10.2 Å². The second-order valence-corrected chi connectivity index (χ2v) is 6.11. The molecule has 1 N–H and O–H groups in total. The van der Waals surface area contributed by atoms with Gasteiger partial charge in [0.15, 0.2) is 0 Å². The van der Waals surface area contributed by atoms with Crippen LogP contribution in [0.25, 0.3) is 0 Å². The lowest BCUT2D eigenvalue weighted by atomic mass is 9.81. The molecule has 3 heteroatoms. The van der Waals surface area contributed by atoms with Gasteiger partial charge in [0.1, 0.15) is 0 Å². The summed E-state index contributed by atoms with van der Waals surface area (Å²) in [5, 5.41) is 3.44. The Morgan fingerprint density at radius 3 is 2.82 bits per heavy atom. The monoisotopic (exact) mass is 236 g/mol. The molecule has 3 nitrogen and oxygen atoms in total. The first-order valence-corrected chi connectivity index (χ1v) is 7.29. The van der Waals surface area contributed by atoms with Crippen molar-refractivity contribution in [2.45, 2.75) is 51.5 Å². The molecule has 0 aromatic heterocycles. The summed E-state index contributed by atoms with van der Waals surface area (Å²) in [6.07, 6.45) is 7.00. The third kappa shape index (κ3) is 1.70. The van der Waals surface area contributed by atoms with E-state index in [2.05, 4.69) is 17.1 Å². The van der Waals surface area contributed by atoms with Crippen molar-refractivity contribution in [3.8, 4) is 0 Å². The molecule has 0 spiro atoms. The fourth-order valence-electron chi connectivity index (χ4n) is 4.18. The Morgan fingerprint density at radius 1 is 1.35 bits per heavy atom. The van der Waals surface area contributed by atoms with E-state index in [9.17, 15) is 4.79 Å². The summed E-state index contributed by atoms with van der Waals surface area (Å²) in [7, 11) is 0. The first-order valence-electron chi connectivity index (χ1n) is 7.29. The maximum absolute atomic E-state index is 12.8. The first kappa shape index (κ1) is 11.5. The Kier molecular flexibility index (Phi) is 2.89. The van der Waals surface area contributed by atoms with Crippen LogP contribution >= 0.6 is 0 Å². The quantitative estimate of drug-likeness (QED) is 0.792. The molecular formula is C14H24N2O. The second-order valence-electron chi connectivity index (χ2n) is 6.11. The van der Waals surface area contributed by atoms with Crippen LogP contribution in [-0.2, 0) is 4.79 Å². The van der Waals surface area contributed by atoms with Gasteiger partial charge in [0.05, 0.1) is 0 Å². The van der Waals surface area contributed by atoms with Crippen molar-refractivity contribution in [2.24, 2.45) is 11.3 Å². The van der Waals surface area contributed by atoms with Crippen molar-refractivity contribution in [2.75, 3.05) is 19.6 Å². The van der Waals surface area contributed by atoms with E-state index < -0.39 is 0 Å². The number of hydrogen-bond acceptors (Lipinski definition) is 2. The van der Waals surface area contributed by atoms with Gasteiger partial charge in [-0.3, -0.25) is 4.79 Å². The van der Waals surface area contributed by atoms with Crippen molar-refractivity contribution in [3.63, 3.8) is 0 Å². The minimum absolute atomic E-state index is 0.0114. The Bertz CT molecular complexity index is 309. The average Bonchev–Trinajstić information content (AvgIpc) is 3.04. The van der Waals surface area contributed by atoms with E-state index in [0.717, 1.165) is 44.8 Å². The van der Waals surface area contributed by atoms with Gasteiger partial charge in [0.2, 0.25) is 5.91 Å². The topological polar surface area (TPSA) is 32.3 Å². The van der Waals surface area contributed by atoms with Gasteiger partial charge in [-0.1, -0.05) is 19.8 Å². The molecular weight excluding hydrogens is 212 g/mol. The van der Waals surface area contributed by atoms with Gasteiger partial charge in [-0.25, -0.2) is 0 Å². The molecule has 1 aliphatic carbocycles. The molecule has 2 heterocycles. The predicted molar refractivity (Wildman–Crippen MR) is 67.7 cm³/mol. The van der Waals surface area contributed by atoms with Crippen LogP contribution in [0.4, 0.5) is 0 Å². The van der Waals surface area contributed by atoms with Gasteiger partial charge in [-0.05, 0) is 31.6 Å². The van der Waals surface area contributed by atoms with Gasteiger partial charge >= 0.3 is 0 Å². The summed E-state index contributed by atoms with van der Waals surface area (Å²) < 4.78 is 0. The fraction of sp³-hybridized carbons (Fsp3) is 0.929. The molecule has 2 saturated heterocycles. The number of amides is 1. The Hall–Kier alpha value is -0.570. The van der Waals surface area contributed by atoms with Crippen molar-refractivity contribution >= 4 is 5.91 Å². The molecule has 3 fully saturated rings. The van der Waals surface area contributed by atoms with E-state index in [4.69, 9.17) is 0 Å². The smallest absolute Gasteiger partial charge is 0.229 e. The number of hydrogen-bond donors (Lipinski definition) is 1. The number of likely N-dealkylation sites (tertiary alicyclic amines) is 1. The number of nitrogens with zero attached hydrogens (tertiary/aromatic N) is 1. The number of rotatable bonds is 2. The van der Waals surface area contributed by atoms with Crippen LogP contribution in [-0.4, -0.2) is 36.5 Å². The van der Waals surface area contributed by atoms with E-state index in [1.165, 1.54) is 19.3 Å². The van der Waals surface area contributed by atoms with Crippen LogP contribution in [0, 0.1) is 11.3 Å². The molecule has 17 heavy (non-hydrogen) atoms. The minimum atomic E-state index is 0.0114. The molecule has 1 saturated carbocycles. The van der Waals surface area contributed by atoms with E-state index in [1.54, 1.807) is 0 Å². The van der Waals surface area contributed by atoms with Gasteiger partial charge < -0.3 is 10.2 Å². The van der Waals surface area contributed by atoms with Crippen molar-refractivity contribution in [1.29, 1.82) is 0 Å². The minimum Gasteiger partial charge on any atom is -0.338 e. The van der Waals surface area contributed by atoms with Crippen LogP contribution < -0.4 is 5.32 Å². The van der Waals surface area contributed by atoms with Crippen molar-refractivity contribution in [3.05, 3.63) is 0 Å². The summed E-state index contributed by atoms with van der Waals surface area (Å²) >= 11 is 0. The summed E-state index contributed by atoms with van der Waals surface area (Å²) in [5.41, 5.74) is 0.0114. The summed E-state index contributed by atoms with van der Waals surface area (Å²) in [4.78, 5) is 15.1. The standard InChI is InChI=1S/C14H24N2O/c1-2-14(6-3-4-7-14)13(17)16-8-5-11-9-15-10-12(11)16/h11-12,15H,2-10H2,1H3/t11-,12+/m0/s1. The normalized spacial score (nSPS) is 35.2. The average molecular weight is 236 g/mol. The van der Waals surface area contributed by atoms with Crippen LogP contribution in [0.15, 0.2) is 0 Å².